The Labute approximate surface area is 126 Å². The number of nitrogens with one attached hydrogen (secondary N) is 1. The molecule has 1 heterocycles. The summed E-state index contributed by atoms with van der Waals surface area (Å²) in [6.45, 7) is 9.51. The highest BCUT2D eigenvalue weighted by molar-refractivity contribution is 6.11. The number of rotatable bonds is 3. The van der Waals surface area contributed by atoms with Gasteiger partial charge in [0.25, 0.3) is 0 Å². The van der Waals surface area contributed by atoms with Crippen LogP contribution in [0.15, 0.2) is 41.1 Å². The van der Waals surface area contributed by atoms with Crippen LogP contribution in [0, 0.1) is 12.3 Å². The maximum Gasteiger partial charge on any atom is 0.155 e. The van der Waals surface area contributed by atoms with Crippen LogP contribution in [0.4, 0.5) is 11.4 Å². The maximum absolute atomic E-state index is 7.88. The van der Waals surface area contributed by atoms with Gasteiger partial charge in [0.1, 0.15) is 5.69 Å². The summed E-state index contributed by atoms with van der Waals surface area (Å²) in [5.74, 6) is 1.32. The van der Waals surface area contributed by atoms with Crippen molar-refractivity contribution in [3.63, 3.8) is 0 Å². The summed E-state index contributed by atoms with van der Waals surface area (Å²) in [7, 11) is 4.00. The number of hydrogen-bond acceptors (Lipinski definition) is 4. The summed E-state index contributed by atoms with van der Waals surface area (Å²) in [5, 5.41) is 7.88. The van der Waals surface area contributed by atoms with E-state index in [2.05, 4.69) is 18.5 Å². The summed E-state index contributed by atoms with van der Waals surface area (Å²) >= 11 is 0. The van der Waals surface area contributed by atoms with Gasteiger partial charge in [-0.05, 0) is 38.0 Å². The summed E-state index contributed by atoms with van der Waals surface area (Å²) in [4.78, 5) is 6.62. The molecule has 0 spiro atoms. The van der Waals surface area contributed by atoms with E-state index in [9.17, 15) is 0 Å². The minimum Gasteiger partial charge on any atom is -0.453 e. The number of benzene rings is 1. The number of fused-ring (bicyclic) bond motifs is 1. The molecule has 0 aliphatic carbocycles. The molecule has 2 rings (SSSR count). The molecule has 1 aromatic carbocycles. The van der Waals surface area contributed by atoms with Crippen LogP contribution in [0.2, 0.25) is 0 Å². The van der Waals surface area contributed by atoms with E-state index in [1.165, 1.54) is 0 Å². The highest BCUT2D eigenvalue weighted by atomic mass is 16.5. The molecule has 0 fully saturated rings. The van der Waals surface area contributed by atoms with Crippen LogP contribution in [0.1, 0.15) is 19.4 Å². The van der Waals surface area contributed by atoms with Crippen molar-refractivity contribution in [2.45, 2.75) is 20.8 Å². The lowest BCUT2D eigenvalue weighted by Crippen LogP contribution is -2.14. The summed E-state index contributed by atoms with van der Waals surface area (Å²) in [6.07, 6.45) is 1.67. The monoisotopic (exact) mass is 283 g/mol. The molecule has 0 radical (unpaired) electrons. The molecule has 1 aliphatic heterocycles. The van der Waals surface area contributed by atoms with Gasteiger partial charge in [0, 0.05) is 31.9 Å². The number of ether oxygens (including phenoxy) is 1. The first-order valence-corrected chi connectivity index (χ1v) is 6.81. The zero-order chi connectivity index (χ0) is 15.7. The molecule has 21 heavy (non-hydrogen) atoms. The van der Waals surface area contributed by atoms with Crippen molar-refractivity contribution in [3.8, 4) is 5.75 Å². The van der Waals surface area contributed by atoms with E-state index < -0.39 is 0 Å². The molecule has 1 N–H and O–H groups in total. The molecular weight excluding hydrogens is 262 g/mol. The predicted octanol–water partition coefficient (Wildman–Crippen LogP) is 4.03. The van der Waals surface area contributed by atoms with Crippen LogP contribution in [0.25, 0.3) is 0 Å². The molecule has 0 amide bonds. The molecule has 0 bridgehead atoms. The first kappa shape index (κ1) is 15.0. The third-order valence-electron chi connectivity index (χ3n) is 3.36. The number of aryl methyl sites for hydroxylation is 1. The molecule has 0 atom stereocenters. The molecule has 0 saturated heterocycles. The van der Waals surface area contributed by atoms with Crippen molar-refractivity contribution < 1.29 is 4.74 Å². The van der Waals surface area contributed by atoms with Crippen molar-refractivity contribution in [1.82, 2.24) is 0 Å². The topological polar surface area (TPSA) is 48.7 Å². The van der Waals surface area contributed by atoms with Gasteiger partial charge in [0.2, 0.25) is 0 Å². The minimum atomic E-state index is 0.350. The number of hydrogen-bond donors (Lipinski definition) is 1. The Morgan fingerprint density at radius 1 is 1.33 bits per heavy atom. The van der Waals surface area contributed by atoms with Crippen molar-refractivity contribution in [1.29, 1.82) is 5.41 Å². The molecule has 1 aliphatic rings. The van der Waals surface area contributed by atoms with E-state index in [0.29, 0.717) is 17.0 Å². The molecule has 0 saturated carbocycles. The number of anilines is 1. The fourth-order valence-electron chi connectivity index (χ4n) is 2.13. The molecular formula is C17H21N3O. The normalized spacial score (nSPS) is 15.1. The maximum atomic E-state index is 7.88. The summed E-state index contributed by atoms with van der Waals surface area (Å²) in [5.41, 5.74) is 4.89. The third kappa shape index (κ3) is 3.05. The van der Waals surface area contributed by atoms with E-state index in [4.69, 9.17) is 10.1 Å². The minimum absolute atomic E-state index is 0.350. The zero-order valence-corrected chi connectivity index (χ0v) is 13.2. The van der Waals surface area contributed by atoms with Crippen molar-refractivity contribution in [2.75, 3.05) is 19.0 Å². The molecule has 0 aromatic heterocycles. The van der Waals surface area contributed by atoms with Gasteiger partial charge < -0.3 is 15.0 Å². The van der Waals surface area contributed by atoms with Gasteiger partial charge in [-0.3, -0.25) is 0 Å². The number of aliphatic imine (C=N–C) groups is 1. The second kappa shape index (κ2) is 5.56. The average molecular weight is 283 g/mol. The summed E-state index contributed by atoms with van der Waals surface area (Å²) in [6, 6.07) is 4.01. The molecule has 110 valence electrons. The molecule has 1 aromatic rings. The predicted molar refractivity (Wildman–Crippen MR) is 89.5 cm³/mol. The molecule has 4 heteroatoms. The molecule has 4 nitrogen and oxygen atoms in total. The van der Waals surface area contributed by atoms with Crippen molar-refractivity contribution in [3.05, 3.63) is 41.7 Å². The first-order chi connectivity index (χ1) is 9.79. The van der Waals surface area contributed by atoms with E-state index in [1.807, 2.05) is 38.1 Å². The summed E-state index contributed by atoms with van der Waals surface area (Å²) < 4.78 is 5.93. The lowest BCUT2D eigenvalue weighted by molar-refractivity contribution is 0.450. The number of allylic oxidation sites excluding steroid dienone is 3. The van der Waals surface area contributed by atoms with Crippen molar-refractivity contribution in [2.24, 2.45) is 4.99 Å². The van der Waals surface area contributed by atoms with Gasteiger partial charge in [0.05, 0.1) is 11.4 Å². The number of nitrogens with zero attached hydrogens (tertiary/aromatic N) is 2. The van der Waals surface area contributed by atoms with Crippen LogP contribution >= 0.6 is 0 Å². The first-order valence-electron chi connectivity index (χ1n) is 6.81. The van der Waals surface area contributed by atoms with Crippen LogP contribution in [-0.2, 0) is 0 Å². The van der Waals surface area contributed by atoms with Crippen LogP contribution in [0.3, 0.4) is 0 Å². The third-order valence-corrected chi connectivity index (χ3v) is 3.36. The van der Waals surface area contributed by atoms with E-state index >= 15 is 0 Å². The second-order valence-electron chi connectivity index (χ2n) is 5.50. The lowest BCUT2D eigenvalue weighted by atomic mass is 10.1. The Hall–Kier alpha value is -2.36. The van der Waals surface area contributed by atoms with Gasteiger partial charge in [-0.2, -0.15) is 0 Å². The SMILES string of the molecule is C=C(C)C(=N)/C=C1/Oc2cc(N(C)C)c(C)cc2N=C1C. The van der Waals surface area contributed by atoms with Crippen LogP contribution in [-0.4, -0.2) is 25.5 Å². The van der Waals surface area contributed by atoms with E-state index in [0.717, 1.165) is 28.4 Å². The van der Waals surface area contributed by atoms with Crippen LogP contribution in [0.5, 0.6) is 5.75 Å². The fraction of sp³-hybridized carbons (Fsp3) is 0.294. The Bertz CT molecular complexity index is 682. The van der Waals surface area contributed by atoms with Gasteiger partial charge >= 0.3 is 0 Å². The smallest absolute Gasteiger partial charge is 0.155 e. The standard InChI is InChI=1S/C17H21N3O/c1-10(2)13(18)8-16-12(4)19-14-7-11(3)15(20(5)6)9-17(14)21-16/h7-9,18H,1H2,2-6H3/b16-8+,18-13?. The zero-order valence-electron chi connectivity index (χ0n) is 13.2. The van der Waals surface area contributed by atoms with Crippen molar-refractivity contribution >= 4 is 22.8 Å². The highest BCUT2D eigenvalue weighted by Gasteiger charge is 2.18. The fourth-order valence-corrected chi connectivity index (χ4v) is 2.13. The van der Waals surface area contributed by atoms with Gasteiger partial charge in [0.15, 0.2) is 11.5 Å². The second-order valence-corrected chi connectivity index (χ2v) is 5.50. The van der Waals surface area contributed by atoms with E-state index in [-0.39, 0.29) is 0 Å². The lowest BCUT2D eigenvalue weighted by Gasteiger charge is -2.22. The van der Waals surface area contributed by atoms with Crippen LogP contribution < -0.4 is 9.64 Å². The van der Waals surface area contributed by atoms with Gasteiger partial charge in [-0.25, -0.2) is 4.99 Å². The average Bonchev–Trinajstić information content (AvgIpc) is 2.38. The Balaban J connectivity index is 2.47. The Morgan fingerprint density at radius 3 is 2.57 bits per heavy atom. The Morgan fingerprint density at radius 2 is 2.00 bits per heavy atom. The Kier molecular flexibility index (Phi) is 3.98. The molecule has 0 unspecified atom stereocenters. The quantitative estimate of drug-likeness (QED) is 0.851. The van der Waals surface area contributed by atoms with Gasteiger partial charge in [-0.1, -0.05) is 6.58 Å². The van der Waals surface area contributed by atoms with E-state index in [1.54, 1.807) is 13.0 Å². The van der Waals surface area contributed by atoms with Gasteiger partial charge in [-0.15, -0.1) is 0 Å². The largest absolute Gasteiger partial charge is 0.453 e. The highest BCUT2D eigenvalue weighted by Crippen LogP contribution is 2.38.